The predicted octanol–water partition coefficient (Wildman–Crippen LogP) is 4.90. The second kappa shape index (κ2) is 9.84. The molecule has 7 nitrogen and oxygen atoms in total. The van der Waals surface area contributed by atoms with E-state index < -0.39 is 11.8 Å². The Morgan fingerprint density at radius 1 is 0.833 bits per heavy atom. The van der Waals surface area contributed by atoms with Gasteiger partial charge in [0.05, 0.1) is 19.9 Å². The summed E-state index contributed by atoms with van der Waals surface area (Å²) in [6.07, 6.45) is 1.51. The van der Waals surface area contributed by atoms with Gasteiger partial charge in [-0.05, 0) is 52.2 Å². The fourth-order valence-corrected chi connectivity index (χ4v) is 4.18. The van der Waals surface area contributed by atoms with Crippen LogP contribution < -0.4 is 24.6 Å². The number of amides is 2. The molecule has 1 aliphatic rings. The zero-order valence-electron chi connectivity index (χ0n) is 19.9. The zero-order valence-corrected chi connectivity index (χ0v) is 19.9. The number of hydrogen-bond donors (Lipinski definition) is 1. The molecule has 0 aliphatic carbocycles. The predicted molar refractivity (Wildman–Crippen MR) is 138 cm³/mol. The van der Waals surface area contributed by atoms with Gasteiger partial charge in [0, 0.05) is 0 Å². The van der Waals surface area contributed by atoms with Gasteiger partial charge in [-0.3, -0.25) is 15.0 Å². The number of hydrogen-bond acceptors (Lipinski definition) is 5. The Morgan fingerprint density at radius 3 is 2.22 bits per heavy atom. The van der Waals surface area contributed by atoms with Gasteiger partial charge in [-0.2, -0.15) is 0 Å². The SMILES string of the molecule is COc1cc(C=C2C(=O)NN(c3ccccc3)C2=O)cc(OC)c1OCc1cccc2ccccc12. The molecule has 0 aromatic heterocycles. The van der Waals surface area contributed by atoms with Gasteiger partial charge in [-0.25, -0.2) is 5.01 Å². The molecule has 1 fully saturated rings. The van der Waals surface area contributed by atoms with Crippen molar-refractivity contribution in [3.63, 3.8) is 0 Å². The second-order valence-corrected chi connectivity index (χ2v) is 8.16. The molecule has 1 N–H and O–H groups in total. The van der Waals surface area contributed by atoms with Crippen LogP contribution in [-0.2, 0) is 16.2 Å². The van der Waals surface area contributed by atoms with Crippen molar-refractivity contribution in [2.45, 2.75) is 6.61 Å². The highest BCUT2D eigenvalue weighted by Gasteiger charge is 2.34. The van der Waals surface area contributed by atoms with Crippen LogP contribution in [0, 0.1) is 0 Å². The molecule has 1 heterocycles. The zero-order chi connectivity index (χ0) is 25.1. The van der Waals surface area contributed by atoms with Crippen LogP contribution >= 0.6 is 0 Å². The summed E-state index contributed by atoms with van der Waals surface area (Å²) in [6.45, 7) is 0.307. The first-order chi connectivity index (χ1) is 17.6. The highest BCUT2D eigenvalue weighted by atomic mass is 16.5. The van der Waals surface area contributed by atoms with Crippen molar-refractivity contribution in [3.8, 4) is 17.2 Å². The number of nitrogens with zero attached hydrogens (tertiary/aromatic N) is 1. The summed E-state index contributed by atoms with van der Waals surface area (Å²) in [5.74, 6) is 0.348. The Bertz CT molecular complexity index is 1450. The average molecular weight is 481 g/mol. The molecule has 4 aromatic rings. The van der Waals surface area contributed by atoms with E-state index in [2.05, 4.69) is 23.6 Å². The third-order valence-corrected chi connectivity index (χ3v) is 5.95. The number of para-hydroxylation sites is 1. The van der Waals surface area contributed by atoms with E-state index in [-0.39, 0.29) is 5.57 Å². The van der Waals surface area contributed by atoms with Gasteiger partial charge >= 0.3 is 0 Å². The van der Waals surface area contributed by atoms with E-state index in [1.165, 1.54) is 25.3 Å². The lowest BCUT2D eigenvalue weighted by Crippen LogP contribution is -2.35. The molecule has 0 saturated carbocycles. The quantitative estimate of drug-likeness (QED) is 0.301. The Morgan fingerprint density at radius 2 is 1.50 bits per heavy atom. The number of benzene rings is 4. The fourth-order valence-electron chi connectivity index (χ4n) is 4.18. The van der Waals surface area contributed by atoms with Gasteiger partial charge in [0.25, 0.3) is 11.8 Å². The molecule has 0 radical (unpaired) electrons. The molecule has 180 valence electrons. The summed E-state index contributed by atoms with van der Waals surface area (Å²) < 4.78 is 17.3. The van der Waals surface area contributed by atoms with Crippen LogP contribution in [0.25, 0.3) is 16.8 Å². The van der Waals surface area contributed by atoms with Crippen LogP contribution in [0.4, 0.5) is 5.69 Å². The molecule has 1 saturated heterocycles. The van der Waals surface area contributed by atoms with Gasteiger partial charge in [-0.1, -0.05) is 60.7 Å². The highest BCUT2D eigenvalue weighted by molar-refractivity contribution is 6.31. The number of carbonyl (C=O) groups excluding carboxylic acids is 2. The van der Waals surface area contributed by atoms with Crippen molar-refractivity contribution in [2.24, 2.45) is 0 Å². The average Bonchev–Trinajstić information content (AvgIpc) is 3.20. The van der Waals surface area contributed by atoms with Crippen LogP contribution in [0.5, 0.6) is 17.2 Å². The van der Waals surface area contributed by atoms with Crippen molar-refractivity contribution in [1.82, 2.24) is 5.43 Å². The van der Waals surface area contributed by atoms with Crippen LogP contribution in [0.3, 0.4) is 0 Å². The van der Waals surface area contributed by atoms with E-state index in [4.69, 9.17) is 14.2 Å². The van der Waals surface area contributed by atoms with Crippen molar-refractivity contribution in [3.05, 3.63) is 102 Å². The largest absolute Gasteiger partial charge is 0.493 e. The summed E-state index contributed by atoms with van der Waals surface area (Å²) in [5, 5.41) is 3.46. The Balaban J connectivity index is 1.44. The number of methoxy groups -OCH3 is 2. The molecule has 2 amide bonds. The number of rotatable bonds is 7. The maximum atomic E-state index is 13.0. The maximum absolute atomic E-state index is 13.0. The summed E-state index contributed by atoms with van der Waals surface area (Å²) in [6, 6.07) is 26.5. The molecule has 0 bridgehead atoms. The standard InChI is InChI=1S/C29H24N2O5/c1-34-25-16-19(15-24-28(32)30-31(29(24)33)22-12-4-3-5-13-22)17-26(35-2)27(25)36-18-21-11-8-10-20-9-6-7-14-23(20)21/h3-17H,18H2,1-2H3,(H,30,32). The van der Waals surface area contributed by atoms with Crippen LogP contribution in [0.2, 0.25) is 0 Å². The minimum absolute atomic E-state index is 0.00684. The lowest BCUT2D eigenvalue weighted by molar-refractivity contribution is -0.117. The van der Waals surface area contributed by atoms with Crippen molar-refractivity contribution >= 4 is 34.4 Å². The molecule has 0 unspecified atom stereocenters. The molecule has 5 rings (SSSR count). The van der Waals surface area contributed by atoms with Crippen LogP contribution in [-0.4, -0.2) is 26.0 Å². The number of ether oxygens (including phenoxy) is 3. The summed E-state index contributed by atoms with van der Waals surface area (Å²) >= 11 is 0. The fraction of sp³-hybridized carbons (Fsp3) is 0.103. The molecule has 4 aromatic carbocycles. The summed E-state index contributed by atoms with van der Waals surface area (Å²) in [4.78, 5) is 25.5. The first-order valence-corrected chi connectivity index (χ1v) is 11.4. The number of nitrogens with one attached hydrogen (secondary N) is 1. The first kappa shape index (κ1) is 23.0. The van der Waals surface area contributed by atoms with E-state index in [0.29, 0.717) is 35.1 Å². The van der Waals surface area contributed by atoms with E-state index in [1.807, 2.05) is 30.3 Å². The van der Waals surface area contributed by atoms with Crippen molar-refractivity contribution in [1.29, 1.82) is 0 Å². The lowest BCUT2D eigenvalue weighted by atomic mass is 10.1. The summed E-state index contributed by atoms with van der Waals surface area (Å²) in [7, 11) is 3.06. The number of anilines is 1. The normalized spacial score (nSPS) is 14.3. The molecule has 7 heteroatoms. The van der Waals surface area contributed by atoms with Crippen LogP contribution in [0.1, 0.15) is 11.1 Å². The molecule has 1 aliphatic heterocycles. The number of carbonyl (C=O) groups is 2. The Hall–Kier alpha value is -4.78. The van der Waals surface area contributed by atoms with Gasteiger partial charge in [0.1, 0.15) is 12.2 Å². The molecular formula is C29H24N2O5. The maximum Gasteiger partial charge on any atom is 0.282 e. The van der Waals surface area contributed by atoms with Crippen molar-refractivity contribution in [2.75, 3.05) is 19.2 Å². The summed E-state index contributed by atoms with van der Waals surface area (Å²) in [5.41, 5.74) is 4.77. The highest BCUT2D eigenvalue weighted by Crippen LogP contribution is 2.40. The van der Waals surface area contributed by atoms with Gasteiger partial charge in [-0.15, -0.1) is 0 Å². The van der Waals surface area contributed by atoms with E-state index in [9.17, 15) is 9.59 Å². The Kier molecular flexibility index (Phi) is 6.28. The van der Waals surface area contributed by atoms with E-state index in [1.54, 1.807) is 36.4 Å². The van der Waals surface area contributed by atoms with Crippen molar-refractivity contribution < 1.29 is 23.8 Å². The third kappa shape index (κ3) is 4.34. The minimum Gasteiger partial charge on any atom is -0.493 e. The molecular weight excluding hydrogens is 456 g/mol. The van der Waals surface area contributed by atoms with Gasteiger partial charge in [0.15, 0.2) is 11.5 Å². The van der Waals surface area contributed by atoms with Gasteiger partial charge in [0.2, 0.25) is 5.75 Å². The second-order valence-electron chi connectivity index (χ2n) is 8.16. The van der Waals surface area contributed by atoms with Crippen LogP contribution in [0.15, 0.2) is 90.5 Å². The number of hydrazine groups is 1. The topological polar surface area (TPSA) is 77.1 Å². The Labute approximate surface area is 208 Å². The van der Waals surface area contributed by atoms with E-state index in [0.717, 1.165) is 16.3 Å². The molecule has 0 spiro atoms. The molecule has 0 atom stereocenters. The lowest BCUT2D eigenvalue weighted by Gasteiger charge is -2.16. The monoisotopic (exact) mass is 480 g/mol. The minimum atomic E-state index is -0.488. The number of fused-ring (bicyclic) bond motifs is 1. The third-order valence-electron chi connectivity index (χ3n) is 5.95. The molecule has 36 heavy (non-hydrogen) atoms. The van der Waals surface area contributed by atoms with E-state index >= 15 is 0 Å². The van der Waals surface area contributed by atoms with Gasteiger partial charge < -0.3 is 14.2 Å². The smallest absolute Gasteiger partial charge is 0.282 e. The first-order valence-electron chi connectivity index (χ1n) is 11.4.